The van der Waals surface area contributed by atoms with Gasteiger partial charge in [0.25, 0.3) is 0 Å². The SMILES string of the molecule is CCc1c(-c2ccn3ncnc3c2)[nH]c2ccc(C3CCNCC3)cc12. The number of nitrogens with zero attached hydrogens (tertiary/aromatic N) is 3. The van der Waals surface area contributed by atoms with Crippen molar-refractivity contribution in [2.75, 3.05) is 13.1 Å². The minimum absolute atomic E-state index is 0.677. The molecule has 5 nitrogen and oxygen atoms in total. The zero-order chi connectivity index (χ0) is 17.5. The molecule has 0 amide bonds. The van der Waals surface area contributed by atoms with Gasteiger partial charge in [-0.1, -0.05) is 13.0 Å². The zero-order valence-electron chi connectivity index (χ0n) is 15.0. The number of aryl methyl sites for hydroxylation is 1. The molecule has 132 valence electrons. The van der Waals surface area contributed by atoms with E-state index in [0.717, 1.165) is 25.2 Å². The minimum Gasteiger partial charge on any atom is -0.354 e. The van der Waals surface area contributed by atoms with E-state index in [1.165, 1.54) is 46.1 Å². The number of benzene rings is 1. The maximum absolute atomic E-state index is 4.32. The quantitative estimate of drug-likeness (QED) is 0.592. The lowest BCUT2D eigenvalue weighted by Crippen LogP contribution is -2.26. The highest BCUT2D eigenvalue weighted by Crippen LogP contribution is 2.34. The standard InChI is InChI=1S/C21H23N5/c1-2-17-18-11-15(14-5-8-22-9-6-14)3-4-19(18)25-21(17)16-7-10-26-20(12-16)23-13-24-26/h3-4,7,10-14,22,25H,2,5-6,8-9H2,1H3. The van der Waals surface area contributed by atoms with Gasteiger partial charge in [-0.15, -0.1) is 0 Å². The van der Waals surface area contributed by atoms with Crippen LogP contribution in [-0.4, -0.2) is 32.7 Å². The fourth-order valence-corrected chi connectivity index (χ4v) is 4.26. The van der Waals surface area contributed by atoms with Crippen LogP contribution >= 0.6 is 0 Å². The highest BCUT2D eigenvalue weighted by atomic mass is 15.3. The molecule has 2 N–H and O–H groups in total. The molecule has 0 unspecified atom stereocenters. The van der Waals surface area contributed by atoms with E-state index in [-0.39, 0.29) is 0 Å². The molecular formula is C21H23N5. The van der Waals surface area contributed by atoms with Crippen molar-refractivity contribution < 1.29 is 0 Å². The van der Waals surface area contributed by atoms with Crippen molar-refractivity contribution in [1.29, 1.82) is 0 Å². The van der Waals surface area contributed by atoms with Gasteiger partial charge in [0.05, 0.1) is 0 Å². The Bertz CT molecular complexity index is 1070. The maximum Gasteiger partial charge on any atom is 0.155 e. The van der Waals surface area contributed by atoms with E-state index in [1.54, 1.807) is 10.8 Å². The van der Waals surface area contributed by atoms with Crippen LogP contribution in [0.4, 0.5) is 0 Å². The number of rotatable bonds is 3. The van der Waals surface area contributed by atoms with Gasteiger partial charge in [0, 0.05) is 28.4 Å². The largest absolute Gasteiger partial charge is 0.354 e. The van der Waals surface area contributed by atoms with E-state index < -0.39 is 0 Å². The van der Waals surface area contributed by atoms with Crippen molar-refractivity contribution in [3.8, 4) is 11.3 Å². The van der Waals surface area contributed by atoms with Gasteiger partial charge in [-0.2, -0.15) is 5.10 Å². The van der Waals surface area contributed by atoms with E-state index >= 15 is 0 Å². The third kappa shape index (κ3) is 2.51. The lowest BCUT2D eigenvalue weighted by Gasteiger charge is -2.23. The molecule has 0 spiro atoms. The summed E-state index contributed by atoms with van der Waals surface area (Å²) in [7, 11) is 0. The highest BCUT2D eigenvalue weighted by molar-refractivity contribution is 5.91. The summed E-state index contributed by atoms with van der Waals surface area (Å²) in [6.45, 7) is 4.49. The second-order valence-corrected chi connectivity index (χ2v) is 7.14. The fraction of sp³-hybridized carbons (Fsp3) is 0.333. The number of aromatic amines is 1. The van der Waals surface area contributed by atoms with Gasteiger partial charge in [-0.25, -0.2) is 9.50 Å². The normalized spacial score (nSPS) is 15.9. The Hall–Kier alpha value is -2.66. The summed E-state index contributed by atoms with van der Waals surface area (Å²) in [4.78, 5) is 7.97. The molecule has 5 rings (SSSR count). The molecule has 26 heavy (non-hydrogen) atoms. The summed E-state index contributed by atoms with van der Waals surface area (Å²) in [5.74, 6) is 0.677. The summed E-state index contributed by atoms with van der Waals surface area (Å²) < 4.78 is 1.80. The number of fused-ring (bicyclic) bond motifs is 2. The predicted molar refractivity (Wildman–Crippen MR) is 105 cm³/mol. The van der Waals surface area contributed by atoms with Gasteiger partial charge >= 0.3 is 0 Å². The smallest absolute Gasteiger partial charge is 0.155 e. The number of hydrogen-bond donors (Lipinski definition) is 2. The predicted octanol–water partition coefficient (Wildman–Crippen LogP) is 3.91. The van der Waals surface area contributed by atoms with E-state index in [0.29, 0.717) is 5.92 Å². The van der Waals surface area contributed by atoms with Crippen molar-refractivity contribution in [2.45, 2.75) is 32.1 Å². The highest BCUT2D eigenvalue weighted by Gasteiger charge is 2.18. The van der Waals surface area contributed by atoms with Crippen molar-refractivity contribution in [2.24, 2.45) is 0 Å². The first-order valence-corrected chi connectivity index (χ1v) is 9.48. The number of H-pyrrole nitrogens is 1. The zero-order valence-corrected chi connectivity index (χ0v) is 15.0. The Morgan fingerprint density at radius 2 is 2.04 bits per heavy atom. The molecule has 0 saturated carbocycles. The summed E-state index contributed by atoms with van der Waals surface area (Å²) >= 11 is 0. The van der Waals surface area contributed by atoms with Crippen molar-refractivity contribution in [1.82, 2.24) is 24.9 Å². The average Bonchev–Trinajstić information content (AvgIpc) is 3.31. The molecule has 1 aliphatic rings. The van der Waals surface area contributed by atoms with Crippen LogP contribution in [0, 0.1) is 0 Å². The van der Waals surface area contributed by atoms with E-state index in [1.807, 2.05) is 6.20 Å². The molecular weight excluding hydrogens is 322 g/mol. The Balaban J connectivity index is 1.63. The number of nitrogens with one attached hydrogen (secondary N) is 2. The topological polar surface area (TPSA) is 58.0 Å². The van der Waals surface area contributed by atoms with Crippen LogP contribution in [-0.2, 0) is 6.42 Å². The molecule has 0 bridgehead atoms. The van der Waals surface area contributed by atoms with E-state index in [9.17, 15) is 0 Å². The Morgan fingerprint density at radius 1 is 1.15 bits per heavy atom. The molecule has 1 aromatic carbocycles. The van der Waals surface area contributed by atoms with Gasteiger partial charge in [-0.3, -0.25) is 0 Å². The van der Waals surface area contributed by atoms with Crippen LogP contribution in [0.2, 0.25) is 0 Å². The van der Waals surface area contributed by atoms with Crippen LogP contribution in [0.25, 0.3) is 27.8 Å². The third-order valence-electron chi connectivity index (χ3n) is 5.66. The molecule has 1 fully saturated rings. The summed E-state index contributed by atoms with van der Waals surface area (Å²) in [5.41, 5.74) is 7.33. The molecule has 1 saturated heterocycles. The van der Waals surface area contributed by atoms with Gasteiger partial charge < -0.3 is 10.3 Å². The maximum atomic E-state index is 4.32. The molecule has 4 aromatic rings. The second-order valence-electron chi connectivity index (χ2n) is 7.14. The molecule has 0 atom stereocenters. The Labute approximate surface area is 152 Å². The Kier molecular flexibility index (Phi) is 3.75. The fourth-order valence-electron chi connectivity index (χ4n) is 4.26. The average molecular weight is 345 g/mol. The second kappa shape index (κ2) is 6.25. The van der Waals surface area contributed by atoms with E-state index in [2.05, 4.69) is 57.6 Å². The molecule has 5 heteroatoms. The first-order chi connectivity index (χ1) is 12.8. The summed E-state index contributed by atoms with van der Waals surface area (Å²) in [6.07, 6.45) is 7.03. The number of pyridine rings is 1. The number of aromatic nitrogens is 4. The monoisotopic (exact) mass is 345 g/mol. The van der Waals surface area contributed by atoms with Crippen molar-refractivity contribution in [3.05, 3.63) is 54.0 Å². The van der Waals surface area contributed by atoms with Crippen LogP contribution in [0.15, 0.2) is 42.9 Å². The van der Waals surface area contributed by atoms with Crippen molar-refractivity contribution in [3.63, 3.8) is 0 Å². The van der Waals surface area contributed by atoms with Gasteiger partial charge in [0.15, 0.2) is 5.65 Å². The molecule has 3 aromatic heterocycles. The lowest BCUT2D eigenvalue weighted by molar-refractivity contribution is 0.460. The molecule has 0 aliphatic carbocycles. The van der Waals surface area contributed by atoms with Gasteiger partial charge in [-0.05, 0) is 73.7 Å². The first-order valence-electron chi connectivity index (χ1n) is 9.48. The summed E-state index contributed by atoms with van der Waals surface area (Å²) in [6, 6.07) is 11.2. The molecule has 4 heterocycles. The van der Waals surface area contributed by atoms with Crippen LogP contribution in [0.1, 0.15) is 36.8 Å². The van der Waals surface area contributed by atoms with E-state index in [4.69, 9.17) is 0 Å². The minimum atomic E-state index is 0.677. The van der Waals surface area contributed by atoms with Gasteiger partial charge in [0.2, 0.25) is 0 Å². The molecule has 1 aliphatic heterocycles. The third-order valence-corrected chi connectivity index (χ3v) is 5.66. The lowest BCUT2D eigenvalue weighted by atomic mass is 9.89. The van der Waals surface area contributed by atoms with Crippen LogP contribution in [0.3, 0.4) is 0 Å². The first kappa shape index (κ1) is 15.6. The van der Waals surface area contributed by atoms with Crippen LogP contribution in [0.5, 0.6) is 0 Å². The summed E-state index contributed by atoms with van der Waals surface area (Å²) in [5, 5.41) is 9.02. The van der Waals surface area contributed by atoms with Crippen molar-refractivity contribution >= 4 is 16.6 Å². The molecule has 0 radical (unpaired) electrons. The van der Waals surface area contributed by atoms with Crippen LogP contribution < -0.4 is 5.32 Å². The Morgan fingerprint density at radius 3 is 2.88 bits per heavy atom. The number of hydrogen-bond acceptors (Lipinski definition) is 3. The van der Waals surface area contributed by atoms with Gasteiger partial charge in [0.1, 0.15) is 6.33 Å². The number of piperidine rings is 1.